The zero-order chi connectivity index (χ0) is 15.1. The Balaban J connectivity index is 2.25. The molecule has 0 aliphatic heterocycles. The maximum Gasteiger partial charge on any atom is 0.340 e. The van der Waals surface area contributed by atoms with Gasteiger partial charge in [0.15, 0.2) is 0 Å². The number of rotatable bonds is 1. The summed E-state index contributed by atoms with van der Waals surface area (Å²) < 4.78 is 4.90. The fourth-order valence-electron chi connectivity index (χ4n) is 2.70. The Morgan fingerprint density at radius 1 is 0.909 bits per heavy atom. The fraction of sp³-hybridized carbons (Fsp3) is 0.0556. The SMILES string of the molecule is COC(=O)c1cc2ccccc2c2nc3ccccc3nc12. The summed E-state index contributed by atoms with van der Waals surface area (Å²) in [6.45, 7) is 0. The van der Waals surface area contributed by atoms with E-state index < -0.39 is 5.97 Å². The van der Waals surface area contributed by atoms with E-state index in [1.54, 1.807) is 0 Å². The van der Waals surface area contributed by atoms with Crippen LogP contribution in [-0.4, -0.2) is 23.0 Å². The van der Waals surface area contributed by atoms with Crippen molar-refractivity contribution < 1.29 is 9.53 Å². The lowest BCUT2D eigenvalue weighted by Crippen LogP contribution is -2.04. The van der Waals surface area contributed by atoms with Gasteiger partial charge in [0.1, 0.15) is 5.52 Å². The number of hydrogen-bond donors (Lipinski definition) is 0. The van der Waals surface area contributed by atoms with Gasteiger partial charge in [-0.05, 0) is 23.6 Å². The Morgan fingerprint density at radius 3 is 2.27 bits per heavy atom. The Labute approximate surface area is 126 Å². The van der Waals surface area contributed by atoms with Crippen molar-refractivity contribution in [1.29, 1.82) is 0 Å². The molecule has 1 heterocycles. The number of carbonyl (C=O) groups is 1. The summed E-state index contributed by atoms with van der Waals surface area (Å²) in [5.74, 6) is -0.402. The molecule has 0 saturated carbocycles. The van der Waals surface area contributed by atoms with Crippen molar-refractivity contribution in [3.05, 3.63) is 60.2 Å². The summed E-state index contributed by atoms with van der Waals surface area (Å²) in [6.07, 6.45) is 0. The summed E-state index contributed by atoms with van der Waals surface area (Å²) in [4.78, 5) is 21.5. The predicted octanol–water partition coefficient (Wildman–Crippen LogP) is 3.72. The highest BCUT2D eigenvalue weighted by Crippen LogP contribution is 2.28. The third kappa shape index (κ3) is 1.81. The van der Waals surface area contributed by atoms with Gasteiger partial charge in [0.2, 0.25) is 0 Å². The van der Waals surface area contributed by atoms with Gasteiger partial charge in [-0.25, -0.2) is 14.8 Å². The molecule has 4 nitrogen and oxygen atoms in total. The Bertz CT molecular complexity index is 1040. The number of hydrogen-bond acceptors (Lipinski definition) is 4. The first-order valence-corrected chi connectivity index (χ1v) is 6.94. The van der Waals surface area contributed by atoms with E-state index in [1.807, 2.05) is 54.6 Å². The number of ether oxygens (including phenoxy) is 1. The second-order valence-electron chi connectivity index (χ2n) is 5.05. The van der Waals surface area contributed by atoms with Crippen molar-refractivity contribution in [2.24, 2.45) is 0 Å². The van der Waals surface area contributed by atoms with Crippen LogP contribution in [0.25, 0.3) is 32.8 Å². The van der Waals surface area contributed by atoms with Crippen LogP contribution in [0.2, 0.25) is 0 Å². The molecule has 0 radical (unpaired) electrons. The number of aromatic nitrogens is 2. The van der Waals surface area contributed by atoms with Crippen molar-refractivity contribution in [2.75, 3.05) is 7.11 Å². The van der Waals surface area contributed by atoms with Crippen LogP contribution < -0.4 is 0 Å². The number of esters is 1. The number of methoxy groups -OCH3 is 1. The quantitative estimate of drug-likeness (QED) is 0.304. The van der Waals surface area contributed by atoms with Gasteiger partial charge in [-0.15, -0.1) is 0 Å². The highest BCUT2D eigenvalue weighted by molar-refractivity contribution is 6.14. The molecular formula is C18H12N2O2. The lowest BCUT2D eigenvalue weighted by Gasteiger charge is -2.09. The van der Waals surface area contributed by atoms with Crippen LogP contribution in [0.3, 0.4) is 0 Å². The fourth-order valence-corrected chi connectivity index (χ4v) is 2.70. The number of para-hydroxylation sites is 2. The molecule has 4 aromatic rings. The van der Waals surface area contributed by atoms with E-state index in [1.165, 1.54) is 7.11 Å². The van der Waals surface area contributed by atoms with Crippen LogP contribution >= 0.6 is 0 Å². The molecule has 0 bridgehead atoms. The van der Waals surface area contributed by atoms with Crippen LogP contribution in [0, 0.1) is 0 Å². The van der Waals surface area contributed by atoms with Gasteiger partial charge >= 0.3 is 5.97 Å². The number of fused-ring (bicyclic) bond motifs is 4. The second-order valence-corrected chi connectivity index (χ2v) is 5.05. The molecule has 0 aliphatic rings. The predicted molar refractivity (Wildman–Crippen MR) is 85.9 cm³/mol. The van der Waals surface area contributed by atoms with Gasteiger partial charge in [-0.3, -0.25) is 0 Å². The average Bonchev–Trinajstić information content (AvgIpc) is 2.58. The topological polar surface area (TPSA) is 52.1 Å². The first-order valence-electron chi connectivity index (χ1n) is 6.94. The molecule has 22 heavy (non-hydrogen) atoms. The first-order chi connectivity index (χ1) is 10.8. The van der Waals surface area contributed by atoms with Crippen molar-refractivity contribution in [1.82, 2.24) is 9.97 Å². The molecule has 0 saturated heterocycles. The number of nitrogens with zero attached hydrogens (tertiary/aromatic N) is 2. The van der Waals surface area contributed by atoms with Crippen LogP contribution in [0.1, 0.15) is 10.4 Å². The molecule has 3 aromatic carbocycles. The Morgan fingerprint density at radius 2 is 1.55 bits per heavy atom. The van der Waals surface area contributed by atoms with E-state index in [0.29, 0.717) is 11.1 Å². The van der Waals surface area contributed by atoms with E-state index in [2.05, 4.69) is 4.98 Å². The third-order valence-corrected chi connectivity index (χ3v) is 3.75. The monoisotopic (exact) mass is 288 g/mol. The summed E-state index contributed by atoms with van der Waals surface area (Å²) >= 11 is 0. The lowest BCUT2D eigenvalue weighted by atomic mass is 10.0. The molecular weight excluding hydrogens is 276 g/mol. The van der Waals surface area contributed by atoms with Crippen LogP contribution in [0.15, 0.2) is 54.6 Å². The molecule has 106 valence electrons. The molecule has 0 N–H and O–H groups in total. The van der Waals surface area contributed by atoms with E-state index in [0.717, 1.165) is 27.3 Å². The summed E-state index contributed by atoms with van der Waals surface area (Å²) in [5.41, 5.74) is 3.30. The van der Waals surface area contributed by atoms with E-state index in [9.17, 15) is 4.79 Å². The Hall–Kier alpha value is -3.01. The van der Waals surface area contributed by atoms with Crippen molar-refractivity contribution >= 4 is 38.8 Å². The number of benzene rings is 3. The standard InChI is InChI=1S/C18H12N2O2/c1-22-18(21)13-10-11-6-2-3-7-12(11)16-17(13)20-15-9-5-4-8-14(15)19-16/h2-10H,1H3. The van der Waals surface area contributed by atoms with Gasteiger partial charge in [-0.1, -0.05) is 36.4 Å². The molecule has 0 amide bonds. The molecule has 4 heteroatoms. The van der Waals surface area contributed by atoms with Crippen molar-refractivity contribution in [2.45, 2.75) is 0 Å². The maximum absolute atomic E-state index is 12.1. The minimum atomic E-state index is -0.402. The van der Waals surface area contributed by atoms with E-state index in [4.69, 9.17) is 9.72 Å². The molecule has 0 unspecified atom stereocenters. The minimum absolute atomic E-state index is 0.402. The highest BCUT2D eigenvalue weighted by atomic mass is 16.5. The zero-order valence-corrected chi connectivity index (χ0v) is 11.9. The average molecular weight is 288 g/mol. The van der Waals surface area contributed by atoms with Crippen LogP contribution in [0.5, 0.6) is 0 Å². The Kier molecular flexibility index (Phi) is 2.76. The van der Waals surface area contributed by atoms with Gasteiger partial charge in [0.25, 0.3) is 0 Å². The largest absolute Gasteiger partial charge is 0.465 e. The van der Waals surface area contributed by atoms with Gasteiger partial charge in [0, 0.05) is 5.39 Å². The van der Waals surface area contributed by atoms with Crippen molar-refractivity contribution in [3.8, 4) is 0 Å². The molecule has 0 aliphatic carbocycles. The normalized spacial score (nSPS) is 11.1. The maximum atomic E-state index is 12.1. The van der Waals surface area contributed by atoms with Gasteiger partial charge in [0.05, 0.1) is 29.2 Å². The second kappa shape index (κ2) is 4.77. The molecule has 4 rings (SSSR count). The van der Waals surface area contributed by atoms with E-state index in [-0.39, 0.29) is 0 Å². The van der Waals surface area contributed by atoms with Crippen molar-refractivity contribution in [3.63, 3.8) is 0 Å². The molecule has 1 aromatic heterocycles. The van der Waals surface area contributed by atoms with Crippen LogP contribution in [-0.2, 0) is 4.74 Å². The van der Waals surface area contributed by atoms with Gasteiger partial charge < -0.3 is 4.74 Å². The summed E-state index contributed by atoms with van der Waals surface area (Å²) in [7, 11) is 1.37. The highest BCUT2D eigenvalue weighted by Gasteiger charge is 2.16. The van der Waals surface area contributed by atoms with Crippen LogP contribution in [0.4, 0.5) is 0 Å². The first kappa shape index (κ1) is 12.7. The zero-order valence-electron chi connectivity index (χ0n) is 11.9. The lowest BCUT2D eigenvalue weighted by molar-refractivity contribution is 0.0603. The van der Waals surface area contributed by atoms with Gasteiger partial charge in [-0.2, -0.15) is 0 Å². The minimum Gasteiger partial charge on any atom is -0.465 e. The molecule has 0 spiro atoms. The number of carbonyl (C=O) groups excluding carboxylic acids is 1. The van der Waals surface area contributed by atoms with E-state index >= 15 is 0 Å². The summed E-state index contributed by atoms with van der Waals surface area (Å²) in [5, 5.41) is 1.92. The molecule has 0 fully saturated rings. The third-order valence-electron chi connectivity index (χ3n) is 3.75. The smallest absolute Gasteiger partial charge is 0.340 e. The molecule has 0 atom stereocenters. The summed E-state index contributed by atoms with van der Waals surface area (Å²) in [6, 6.07) is 17.3.